The fourth-order valence-electron chi connectivity index (χ4n) is 3.16. The minimum atomic E-state index is -3.05. The molecular weight excluding hydrogens is 365 g/mol. The molecule has 0 spiro atoms. The highest BCUT2D eigenvalue weighted by molar-refractivity contribution is 5.92. The summed E-state index contributed by atoms with van der Waals surface area (Å²) in [5.74, 6) is -0.291. The zero-order chi connectivity index (χ0) is 20.1. The number of benzene rings is 3. The number of hydrogen-bond acceptors (Lipinski definition) is 2. The molecule has 0 radical (unpaired) electrons. The molecule has 0 aliphatic rings. The van der Waals surface area contributed by atoms with E-state index in [1.807, 2.05) is 25.1 Å². The van der Waals surface area contributed by atoms with Crippen molar-refractivity contribution < 1.29 is 22.6 Å². The monoisotopic (exact) mass is 386 g/mol. The van der Waals surface area contributed by atoms with Crippen LogP contribution in [-0.4, -0.2) is 13.7 Å². The summed E-state index contributed by atoms with van der Waals surface area (Å²) in [4.78, 5) is 0. The highest BCUT2D eigenvalue weighted by Crippen LogP contribution is 2.39. The average molecular weight is 386 g/mol. The number of hydrogen-bond donors (Lipinski definition) is 0. The number of halogens is 3. The summed E-state index contributed by atoms with van der Waals surface area (Å²) in [6.07, 6.45) is 5.81. The van der Waals surface area contributed by atoms with E-state index in [4.69, 9.17) is 4.74 Å². The number of allylic oxidation sites excluding steroid dienone is 2. The maximum absolute atomic E-state index is 15.3. The molecule has 0 aliphatic heterocycles. The molecule has 3 aromatic carbocycles. The zero-order valence-electron chi connectivity index (χ0n) is 15.7. The summed E-state index contributed by atoms with van der Waals surface area (Å²) in [6.45, 7) is -1.09. The molecule has 3 aromatic rings. The lowest BCUT2D eigenvalue weighted by Gasteiger charge is -2.15. The van der Waals surface area contributed by atoms with E-state index in [9.17, 15) is 8.78 Å². The molecule has 0 fully saturated rings. The lowest BCUT2D eigenvalue weighted by molar-refractivity contribution is -0.0494. The zero-order valence-corrected chi connectivity index (χ0v) is 15.7. The Labute approximate surface area is 162 Å². The summed E-state index contributed by atoms with van der Waals surface area (Å²) >= 11 is 0. The van der Waals surface area contributed by atoms with Crippen LogP contribution in [0.2, 0.25) is 0 Å². The minimum Gasteiger partial charge on any atom is -0.497 e. The van der Waals surface area contributed by atoms with Gasteiger partial charge in [-0.3, -0.25) is 0 Å². The predicted molar refractivity (Wildman–Crippen MR) is 106 cm³/mol. The van der Waals surface area contributed by atoms with Crippen LogP contribution in [0.5, 0.6) is 11.5 Å². The number of ether oxygens (including phenoxy) is 2. The van der Waals surface area contributed by atoms with Crippen molar-refractivity contribution in [1.29, 1.82) is 0 Å². The molecule has 5 heteroatoms. The molecule has 0 amide bonds. The van der Waals surface area contributed by atoms with Crippen LogP contribution in [0.1, 0.15) is 18.9 Å². The molecule has 3 rings (SSSR count). The summed E-state index contributed by atoms with van der Waals surface area (Å²) in [7, 11) is 1.49. The first kappa shape index (κ1) is 19.8. The molecule has 0 heterocycles. The summed E-state index contributed by atoms with van der Waals surface area (Å²) in [5, 5.41) is 0.744. The van der Waals surface area contributed by atoms with Gasteiger partial charge in [0.2, 0.25) is 0 Å². The molecular formula is C23H21F3O2. The van der Waals surface area contributed by atoms with Crippen molar-refractivity contribution in [3.8, 4) is 22.6 Å². The van der Waals surface area contributed by atoms with Crippen LogP contribution in [0.3, 0.4) is 0 Å². The van der Waals surface area contributed by atoms with Crippen molar-refractivity contribution in [2.75, 3.05) is 7.11 Å². The Morgan fingerprint density at radius 1 is 1.04 bits per heavy atom. The quantitative estimate of drug-likeness (QED) is 0.418. The number of fused-ring (bicyclic) bond motifs is 1. The largest absolute Gasteiger partial charge is 0.497 e. The van der Waals surface area contributed by atoms with Gasteiger partial charge < -0.3 is 9.47 Å². The van der Waals surface area contributed by atoms with Crippen molar-refractivity contribution >= 4 is 10.8 Å². The second-order valence-corrected chi connectivity index (χ2v) is 6.33. The fourth-order valence-corrected chi connectivity index (χ4v) is 3.16. The third kappa shape index (κ3) is 4.30. The lowest BCUT2D eigenvalue weighted by Crippen LogP contribution is -2.05. The van der Waals surface area contributed by atoms with E-state index in [-0.39, 0.29) is 11.3 Å². The summed E-state index contributed by atoms with van der Waals surface area (Å²) < 4.78 is 51.0. The van der Waals surface area contributed by atoms with E-state index in [2.05, 4.69) is 10.8 Å². The van der Waals surface area contributed by atoms with Crippen molar-refractivity contribution in [1.82, 2.24) is 0 Å². The van der Waals surface area contributed by atoms with Gasteiger partial charge in [0.15, 0.2) is 0 Å². The van der Waals surface area contributed by atoms with Crippen LogP contribution < -0.4 is 9.47 Å². The molecule has 0 saturated carbocycles. The number of methoxy groups -OCH3 is 1. The van der Waals surface area contributed by atoms with Crippen LogP contribution in [0.25, 0.3) is 21.9 Å². The molecule has 0 unspecified atom stereocenters. The Morgan fingerprint density at radius 3 is 2.43 bits per heavy atom. The van der Waals surface area contributed by atoms with Crippen molar-refractivity contribution in [2.45, 2.75) is 26.4 Å². The molecule has 2 nitrogen and oxygen atoms in total. The normalized spacial score (nSPS) is 11.5. The Kier molecular flexibility index (Phi) is 6.24. The lowest BCUT2D eigenvalue weighted by atomic mass is 9.97. The molecule has 0 saturated heterocycles. The van der Waals surface area contributed by atoms with Crippen molar-refractivity contribution in [3.05, 3.63) is 72.1 Å². The second kappa shape index (κ2) is 8.83. The molecule has 28 heavy (non-hydrogen) atoms. The SMILES string of the molecule is C/C=C/CCc1ccc(-c2c(OC(F)F)cc3cc(OC)ccc3c2F)cc1. The summed E-state index contributed by atoms with van der Waals surface area (Å²) in [5.41, 5.74) is 1.60. The smallest absolute Gasteiger partial charge is 0.387 e. The number of aryl methyl sites for hydroxylation is 1. The molecule has 0 bridgehead atoms. The van der Waals surface area contributed by atoms with Crippen molar-refractivity contribution in [3.63, 3.8) is 0 Å². The van der Waals surface area contributed by atoms with E-state index in [0.29, 0.717) is 22.1 Å². The Hall–Kier alpha value is -2.95. The van der Waals surface area contributed by atoms with Gasteiger partial charge in [-0.15, -0.1) is 0 Å². The molecule has 0 aliphatic carbocycles. The van der Waals surface area contributed by atoms with Crippen LogP contribution >= 0.6 is 0 Å². The van der Waals surface area contributed by atoms with E-state index in [1.165, 1.54) is 13.2 Å². The maximum atomic E-state index is 15.3. The van der Waals surface area contributed by atoms with E-state index >= 15 is 4.39 Å². The van der Waals surface area contributed by atoms with Crippen molar-refractivity contribution in [2.24, 2.45) is 0 Å². The average Bonchev–Trinajstić information content (AvgIpc) is 2.68. The summed E-state index contributed by atoms with van der Waals surface area (Å²) in [6, 6.07) is 13.4. The highest BCUT2D eigenvalue weighted by atomic mass is 19.3. The Morgan fingerprint density at radius 2 is 1.79 bits per heavy atom. The highest BCUT2D eigenvalue weighted by Gasteiger charge is 2.19. The van der Waals surface area contributed by atoms with Gasteiger partial charge in [-0.05, 0) is 60.5 Å². The molecule has 0 atom stereocenters. The number of alkyl halides is 2. The van der Waals surface area contributed by atoms with E-state index < -0.39 is 12.4 Å². The molecule has 0 N–H and O–H groups in total. The number of rotatable bonds is 7. The topological polar surface area (TPSA) is 18.5 Å². The van der Waals surface area contributed by atoms with Gasteiger partial charge in [0, 0.05) is 5.39 Å². The third-order valence-electron chi connectivity index (χ3n) is 4.54. The second-order valence-electron chi connectivity index (χ2n) is 6.33. The van der Waals surface area contributed by atoms with Crippen LogP contribution in [0, 0.1) is 5.82 Å². The first-order chi connectivity index (χ1) is 13.5. The van der Waals surface area contributed by atoms with Crippen LogP contribution in [0.15, 0.2) is 60.7 Å². The Bertz CT molecular complexity index is 979. The van der Waals surface area contributed by atoms with Gasteiger partial charge in [-0.1, -0.05) is 36.4 Å². The van der Waals surface area contributed by atoms with Crippen LogP contribution in [-0.2, 0) is 6.42 Å². The van der Waals surface area contributed by atoms with Gasteiger partial charge in [-0.2, -0.15) is 8.78 Å². The predicted octanol–water partition coefficient (Wildman–Crippen LogP) is 6.76. The van der Waals surface area contributed by atoms with Gasteiger partial charge >= 0.3 is 6.61 Å². The van der Waals surface area contributed by atoms with Gasteiger partial charge in [-0.25, -0.2) is 4.39 Å². The minimum absolute atomic E-state index is 0.0259. The van der Waals surface area contributed by atoms with Crippen LogP contribution in [0.4, 0.5) is 13.2 Å². The van der Waals surface area contributed by atoms with Gasteiger partial charge in [0.25, 0.3) is 0 Å². The standard InChI is InChI=1S/C23H21F3O2/c1-3-4-5-6-15-7-9-16(10-8-15)21-20(28-23(25)26)14-17-13-18(27-2)11-12-19(17)22(21)24/h3-4,7-14,23H,5-6H2,1-2H3/b4-3+. The van der Waals surface area contributed by atoms with Gasteiger partial charge in [0.05, 0.1) is 12.7 Å². The third-order valence-corrected chi connectivity index (χ3v) is 4.54. The maximum Gasteiger partial charge on any atom is 0.387 e. The van der Waals surface area contributed by atoms with Gasteiger partial charge in [0.1, 0.15) is 17.3 Å². The molecule has 146 valence electrons. The first-order valence-corrected chi connectivity index (χ1v) is 8.99. The Balaban J connectivity index is 2.08. The van der Waals surface area contributed by atoms with E-state index in [1.54, 1.807) is 30.3 Å². The molecule has 0 aromatic heterocycles. The van der Waals surface area contributed by atoms with E-state index in [0.717, 1.165) is 18.4 Å². The first-order valence-electron chi connectivity index (χ1n) is 8.99. The fraction of sp³-hybridized carbons (Fsp3) is 0.217.